The minimum atomic E-state index is -0.707. The van der Waals surface area contributed by atoms with Gasteiger partial charge < -0.3 is 9.47 Å². The summed E-state index contributed by atoms with van der Waals surface area (Å²) in [4.78, 5) is 31.3. The highest BCUT2D eigenvalue weighted by atomic mass is 32.1. The van der Waals surface area contributed by atoms with Gasteiger partial charge in [0.25, 0.3) is 5.91 Å². The van der Waals surface area contributed by atoms with E-state index in [0.29, 0.717) is 48.1 Å². The van der Waals surface area contributed by atoms with Crippen molar-refractivity contribution < 1.29 is 19.1 Å². The molecule has 2 amide bonds. The number of nitrogens with zero attached hydrogens (tertiary/aromatic N) is 1. The molecule has 33 heavy (non-hydrogen) atoms. The second-order valence-electron chi connectivity index (χ2n) is 8.36. The van der Waals surface area contributed by atoms with Gasteiger partial charge in [-0.2, -0.15) is 0 Å². The first-order valence-electron chi connectivity index (χ1n) is 11.1. The van der Waals surface area contributed by atoms with E-state index in [-0.39, 0.29) is 11.8 Å². The fraction of sp³-hybridized carbons (Fsp3) is 0.320. The van der Waals surface area contributed by atoms with Crippen molar-refractivity contribution in [1.29, 1.82) is 0 Å². The topological polar surface area (TPSA) is 89.6 Å². The van der Waals surface area contributed by atoms with Gasteiger partial charge in [-0.25, -0.2) is 4.98 Å². The first-order valence-corrected chi connectivity index (χ1v) is 11.9. The van der Waals surface area contributed by atoms with Crippen molar-refractivity contribution in [2.45, 2.75) is 38.0 Å². The molecule has 2 aromatic carbocycles. The molecule has 2 N–H and O–H groups in total. The summed E-state index contributed by atoms with van der Waals surface area (Å²) in [6.45, 7) is 2.81. The maximum atomic E-state index is 13.4. The number of hydrazine groups is 1. The Kier molecular flexibility index (Phi) is 5.76. The van der Waals surface area contributed by atoms with Gasteiger partial charge in [0.2, 0.25) is 5.91 Å². The molecule has 8 heteroatoms. The molecule has 7 nitrogen and oxygen atoms in total. The Balaban J connectivity index is 1.32. The summed E-state index contributed by atoms with van der Waals surface area (Å²) in [5, 5.41) is 0.771. The van der Waals surface area contributed by atoms with E-state index in [9.17, 15) is 9.59 Å². The van der Waals surface area contributed by atoms with Crippen LogP contribution in [0.3, 0.4) is 0 Å². The first-order chi connectivity index (χ1) is 16.1. The predicted octanol–water partition coefficient (Wildman–Crippen LogP) is 4.16. The Labute approximate surface area is 196 Å². The number of ether oxygens (including phenoxy) is 2. The fourth-order valence-corrected chi connectivity index (χ4v) is 5.53. The molecule has 0 atom stereocenters. The van der Waals surface area contributed by atoms with Crippen LogP contribution in [-0.2, 0) is 10.2 Å². The molecule has 2 aliphatic rings. The Morgan fingerprint density at radius 1 is 0.970 bits per heavy atom. The Morgan fingerprint density at radius 2 is 1.70 bits per heavy atom. The largest absolute Gasteiger partial charge is 0.486 e. The first kappa shape index (κ1) is 21.5. The number of hydrogen-bond acceptors (Lipinski definition) is 6. The SMILES string of the molecule is Cc1nc(-c2ccccc2)sc1C(=O)NNC(=O)C1(c2ccc3c(c2)OCCO3)CCCC1. The minimum absolute atomic E-state index is 0.213. The lowest BCUT2D eigenvalue weighted by molar-refractivity contribution is -0.127. The molecular weight excluding hydrogens is 438 g/mol. The van der Waals surface area contributed by atoms with Gasteiger partial charge in [0.15, 0.2) is 11.5 Å². The Hall–Kier alpha value is -3.39. The van der Waals surface area contributed by atoms with Crippen LogP contribution < -0.4 is 20.3 Å². The van der Waals surface area contributed by atoms with Crippen molar-refractivity contribution in [3.8, 4) is 22.1 Å². The summed E-state index contributed by atoms with van der Waals surface area (Å²) in [5.41, 5.74) is 7.07. The van der Waals surface area contributed by atoms with Crippen molar-refractivity contribution in [2.75, 3.05) is 13.2 Å². The number of aromatic nitrogens is 1. The van der Waals surface area contributed by atoms with Crippen LogP contribution in [0, 0.1) is 6.92 Å². The van der Waals surface area contributed by atoms with Gasteiger partial charge in [0.1, 0.15) is 23.1 Å². The lowest BCUT2D eigenvalue weighted by Gasteiger charge is -2.29. The maximum Gasteiger partial charge on any atom is 0.281 e. The van der Waals surface area contributed by atoms with Crippen LogP contribution in [0.5, 0.6) is 11.5 Å². The van der Waals surface area contributed by atoms with Gasteiger partial charge >= 0.3 is 0 Å². The molecule has 0 radical (unpaired) electrons. The number of aryl methyl sites for hydroxylation is 1. The summed E-state index contributed by atoms with van der Waals surface area (Å²) in [5.74, 6) is 0.781. The van der Waals surface area contributed by atoms with Crippen molar-refractivity contribution in [1.82, 2.24) is 15.8 Å². The average Bonchev–Trinajstić information content (AvgIpc) is 3.51. The minimum Gasteiger partial charge on any atom is -0.486 e. The van der Waals surface area contributed by atoms with Crippen LogP contribution in [0.4, 0.5) is 0 Å². The molecule has 3 aromatic rings. The summed E-state index contributed by atoms with van der Waals surface area (Å²) in [6.07, 6.45) is 3.33. The number of fused-ring (bicyclic) bond motifs is 1. The van der Waals surface area contributed by atoms with Gasteiger partial charge in [-0.3, -0.25) is 20.4 Å². The van der Waals surface area contributed by atoms with Crippen LogP contribution in [0.25, 0.3) is 10.6 Å². The van der Waals surface area contributed by atoms with Crippen LogP contribution >= 0.6 is 11.3 Å². The second-order valence-corrected chi connectivity index (χ2v) is 9.35. The van der Waals surface area contributed by atoms with Crippen LogP contribution in [0.15, 0.2) is 48.5 Å². The van der Waals surface area contributed by atoms with Gasteiger partial charge in [0, 0.05) is 5.56 Å². The van der Waals surface area contributed by atoms with Crippen LogP contribution in [0.2, 0.25) is 0 Å². The number of rotatable bonds is 4. The van der Waals surface area contributed by atoms with E-state index < -0.39 is 5.41 Å². The normalized spacial score (nSPS) is 16.3. The van der Waals surface area contributed by atoms with E-state index in [4.69, 9.17) is 9.47 Å². The fourth-order valence-electron chi connectivity index (χ4n) is 4.57. The summed E-state index contributed by atoms with van der Waals surface area (Å²) < 4.78 is 11.3. The maximum absolute atomic E-state index is 13.4. The molecule has 170 valence electrons. The molecule has 0 spiro atoms. The molecule has 0 unspecified atom stereocenters. The average molecular weight is 464 g/mol. The zero-order chi connectivity index (χ0) is 22.8. The van der Waals surface area contributed by atoms with Crippen LogP contribution in [0.1, 0.15) is 46.6 Å². The predicted molar refractivity (Wildman–Crippen MR) is 125 cm³/mol. The molecule has 1 aliphatic heterocycles. The molecular formula is C25H25N3O4S. The third-order valence-corrected chi connectivity index (χ3v) is 7.50. The van der Waals surface area contributed by atoms with Crippen molar-refractivity contribution in [3.05, 3.63) is 64.7 Å². The van der Waals surface area contributed by atoms with E-state index in [1.165, 1.54) is 11.3 Å². The van der Waals surface area contributed by atoms with Gasteiger partial charge in [-0.15, -0.1) is 11.3 Å². The highest BCUT2D eigenvalue weighted by Crippen LogP contribution is 2.44. The number of carbonyl (C=O) groups is 2. The standard InChI is InChI=1S/C25H25N3O4S/c1-16-21(33-23(26-16)17-7-3-2-4-8-17)22(29)27-28-24(30)25(11-5-6-12-25)18-9-10-19-20(15-18)32-14-13-31-19/h2-4,7-10,15H,5-6,11-14H2,1H3,(H,27,29)(H,28,30). The van der Waals surface area contributed by atoms with E-state index in [1.54, 1.807) is 6.92 Å². The smallest absolute Gasteiger partial charge is 0.281 e. The quantitative estimate of drug-likeness (QED) is 0.567. The lowest BCUT2D eigenvalue weighted by Crippen LogP contribution is -2.50. The van der Waals surface area contributed by atoms with Gasteiger partial charge in [-0.05, 0) is 37.5 Å². The zero-order valence-electron chi connectivity index (χ0n) is 18.3. The van der Waals surface area contributed by atoms with E-state index in [2.05, 4.69) is 15.8 Å². The van der Waals surface area contributed by atoms with Gasteiger partial charge in [0.05, 0.1) is 11.1 Å². The van der Waals surface area contributed by atoms with E-state index in [0.717, 1.165) is 29.0 Å². The summed E-state index contributed by atoms with van der Waals surface area (Å²) in [7, 11) is 0. The van der Waals surface area contributed by atoms with Crippen molar-refractivity contribution in [2.24, 2.45) is 0 Å². The number of amides is 2. The molecule has 5 rings (SSSR count). The third-order valence-electron chi connectivity index (χ3n) is 6.30. The summed E-state index contributed by atoms with van der Waals surface area (Å²) in [6, 6.07) is 15.4. The van der Waals surface area contributed by atoms with Gasteiger partial charge in [-0.1, -0.05) is 49.2 Å². The van der Waals surface area contributed by atoms with E-state index in [1.807, 2.05) is 48.5 Å². The highest BCUT2D eigenvalue weighted by molar-refractivity contribution is 7.17. The summed E-state index contributed by atoms with van der Waals surface area (Å²) >= 11 is 1.31. The van der Waals surface area contributed by atoms with Crippen LogP contribution in [-0.4, -0.2) is 30.0 Å². The van der Waals surface area contributed by atoms with Crippen molar-refractivity contribution in [3.63, 3.8) is 0 Å². The molecule has 1 aromatic heterocycles. The lowest BCUT2D eigenvalue weighted by atomic mass is 9.78. The highest BCUT2D eigenvalue weighted by Gasteiger charge is 2.43. The number of nitrogens with one attached hydrogen (secondary N) is 2. The molecule has 1 saturated carbocycles. The number of carbonyl (C=O) groups excluding carboxylic acids is 2. The Bertz CT molecular complexity index is 1190. The van der Waals surface area contributed by atoms with E-state index >= 15 is 0 Å². The molecule has 1 aliphatic carbocycles. The number of hydrogen-bond donors (Lipinski definition) is 2. The zero-order valence-corrected chi connectivity index (χ0v) is 19.2. The van der Waals surface area contributed by atoms with Crippen molar-refractivity contribution >= 4 is 23.2 Å². The molecule has 2 heterocycles. The third kappa shape index (κ3) is 4.06. The number of benzene rings is 2. The monoisotopic (exact) mass is 463 g/mol. The number of thiazole rings is 1. The molecule has 0 saturated heterocycles. The Morgan fingerprint density at radius 3 is 2.45 bits per heavy atom. The second kappa shape index (κ2) is 8.86. The molecule has 0 bridgehead atoms. The molecule has 1 fully saturated rings.